The lowest BCUT2D eigenvalue weighted by molar-refractivity contribution is 0.0940. The topological polar surface area (TPSA) is 88.5 Å². The van der Waals surface area contributed by atoms with Crippen LogP contribution in [0.2, 0.25) is 0 Å². The molecule has 0 spiro atoms. The predicted octanol–water partition coefficient (Wildman–Crippen LogP) is 3.81. The monoisotopic (exact) mass is 416 g/mol. The molecule has 0 fully saturated rings. The van der Waals surface area contributed by atoms with Gasteiger partial charge in [-0.2, -0.15) is 0 Å². The van der Waals surface area contributed by atoms with Gasteiger partial charge >= 0.3 is 0 Å². The molecule has 4 rings (SSSR count). The van der Waals surface area contributed by atoms with Crippen LogP contribution in [0, 0.1) is 13.8 Å². The number of nitrogens with one attached hydrogen (secondary N) is 2. The maximum atomic E-state index is 12.8. The maximum absolute atomic E-state index is 12.8. The Morgan fingerprint density at radius 3 is 2.61 bits per heavy atom. The fourth-order valence-corrected chi connectivity index (χ4v) is 3.44. The lowest BCUT2D eigenvalue weighted by atomic mass is 10.0. The summed E-state index contributed by atoms with van der Waals surface area (Å²) in [6.07, 6.45) is 5.17. The van der Waals surface area contributed by atoms with E-state index in [0.29, 0.717) is 22.7 Å². The molecule has 1 amide bonds. The van der Waals surface area contributed by atoms with Gasteiger partial charge in [-0.25, -0.2) is 4.98 Å². The van der Waals surface area contributed by atoms with Crippen molar-refractivity contribution in [3.63, 3.8) is 0 Å². The fraction of sp³-hybridized carbons (Fsp3) is 0.208. The standard InChI is InChI=1S/C24H24N4O3/c1-14-5-6-17(9-15(14)2)20-13-28-12-19(10-21(28)24(30)27-20)23(29)26-16(3)18-7-8-22(31-4)25-11-18/h5-13,16H,1-4H3,(H,26,29)(H,27,30)/t16-/m1/s1. The van der Waals surface area contributed by atoms with Crippen LogP contribution in [-0.4, -0.2) is 27.4 Å². The van der Waals surface area contributed by atoms with Crippen molar-refractivity contribution in [1.82, 2.24) is 19.7 Å². The van der Waals surface area contributed by atoms with E-state index in [1.165, 1.54) is 5.56 Å². The van der Waals surface area contributed by atoms with Crippen LogP contribution in [0.3, 0.4) is 0 Å². The van der Waals surface area contributed by atoms with Gasteiger partial charge in [-0.05, 0) is 55.2 Å². The molecular weight excluding hydrogens is 392 g/mol. The Kier molecular flexibility index (Phi) is 5.33. The number of aryl methyl sites for hydroxylation is 2. The third kappa shape index (κ3) is 4.07. The Hall–Kier alpha value is -3.87. The molecule has 0 aliphatic heterocycles. The summed E-state index contributed by atoms with van der Waals surface area (Å²) in [4.78, 5) is 32.5. The lowest BCUT2D eigenvalue weighted by Crippen LogP contribution is -2.26. The summed E-state index contributed by atoms with van der Waals surface area (Å²) in [5.74, 6) is 0.249. The second-order valence-electron chi connectivity index (χ2n) is 7.65. The second kappa shape index (κ2) is 8.10. The summed E-state index contributed by atoms with van der Waals surface area (Å²) in [6.45, 7) is 5.96. The number of aromatic amines is 1. The number of aromatic nitrogens is 3. The number of hydrogen-bond donors (Lipinski definition) is 2. The average Bonchev–Trinajstić information content (AvgIpc) is 3.21. The van der Waals surface area contributed by atoms with Gasteiger partial charge < -0.3 is 19.4 Å². The van der Waals surface area contributed by atoms with Gasteiger partial charge in [0.05, 0.1) is 24.4 Å². The number of amides is 1. The Balaban J connectivity index is 1.60. The normalized spacial score (nSPS) is 12.0. The number of carbonyl (C=O) groups excluding carboxylic acids is 1. The molecule has 2 N–H and O–H groups in total. The number of H-pyrrole nitrogens is 1. The van der Waals surface area contributed by atoms with E-state index in [-0.39, 0.29) is 17.5 Å². The Morgan fingerprint density at radius 2 is 1.94 bits per heavy atom. The molecule has 1 atom stereocenters. The Bertz CT molecular complexity index is 1320. The van der Waals surface area contributed by atoms with Crippen molar-refractivity contribution in [2.24, 2.45) is 0 Å². The minimum atomic E-state index is -0.265. The summed E-state index contributed by atoms with van der Waals surface area (Å²) in [5.41, 5.74) is 5.38. The van der Waals surface area contributed by atoms with E-state index in [2.05, 4.69) is 15.3 Å². The lowest BCUT2D eigenvalue weighted by Gasteiger charge is -2.13. The van der Waals surface area contributed by atoms with Gasteiger partial charge in [-0.1, -0.05) is 18.2 Å². The molecule has 31 heavy (non-hydrogen) atoms. The zero-order valence-electron chi connectivity index (χ0n) is 17.9. The fourth-order valence-electron chi connectivity index (χ4n) is 3.44. The highest BCUT2D eigenvalue weighted by Crippen LogP contribution is 2.21. The largest absolute Gasteiger partial charge is 0.481 e. The summed E-state index contributed by atoms with van der Waals surface area (Å²) >= 11 is 0. The first kappa shape index (κ1) is 20.4. The van der Waals surface area contributed by atoms with Gasteiger partial charge in [0, 0.05) is 24.7 Å². The van der Waals surface area contributed by atoms with Crippen molar-refractivity contribution in [1.29, 1.82) is 0 Å². The van der Waals surface area contributed by atoms with Gasteiger partial charge in [0.2, 0.25) is 5.88 Å². The smallest absolute Gasteiger partial charge is 0.272 e. The first-order valence-electron chi connectivity index (χ1n) is 9.99. The molecule has 7 heteroatoms. The third-order valence-corrected chi connectivity index (χ3v) is 5.49. The van der Waals surface area contributed by atoms with Crippen molar-refractivity contribution in [2.75, 3.05) is 7.11 Å². The minimum absolute atomic E-state index is 0.248. The van der Waals surface area contributed by atoms with Gasteiger partial charge in [-0.3, -0.25) is 9.59 Å². The van der Waals surface area contributed by atoms with Crippen molar-refractivity contribution in [3.8, 4) is 17.1 Å². The number of nitrogens with zero attached hydrogens (tertiary/aromatic N) is 2. The molecule has 1 aromatic carbocycles. The molecule has 158 valence electrons. The number of ether oxygens (including phenoxy) is 1. The van der Waals surface area contributed by atoms with Crippen LogP contribution >= 0.6 is 0 Å². The molecule has 4 aromatic rings. The third-order valence-electron chi connectivity index (χ3n) is 5.49. The van der Waals surface area contributed by atoms with E-state index >= 15 is 0 Å². The van der Waals surface area contributed by atoms with Crippen LogP contribution in [0.5, 0.6) is 5.88 Å². The molecule has 0 bridgehead atoms. The van der Waals surface area contributed by atoms with Crippen LogP contribution in [0.4, 0.5) is 0 Å². The highest BCUT2D eigenvalue weighted by Gasteiger charge is 2.15. The number of methoxy groups -OCH3 is 1. The highest BCUT2D eigenvalue weighted by molar-refractivity contribution is 5.95. The van der Waals surface area contributed by atoms with Crippen LogP contribution in [0.1, 0.15) is 40.0 Å². The van der Waals surface area contributed by atoms with Crippen molar-refractivity contribution >= 4 is 11.4 Å². The van der Waals surface area contributed by atoms with Gasteiger partial charge in [0.15, 0.2) is 0 Å². The first-order chi connectivity index (χ1) is 14.9. The van der Waals surface area contributed by atoms with Crippen LogP contribution in [0.15, 0.2) is 59.8 Å². The predicted molar refractivity (Wildman–Crippen MR) is 120 cm³/mol. The zero-order chi connectivity index (χ0) is 22.1. The summed E-state index contributed by atoms with van der Waals surface area (Å²) < 4.78 is 6.76. The SMILES string of the molecule is COc1ccc([C@@H](C)NC(=O)c2cc3c(=O)[nH]c(-c4ccc(C)c(C)c4)cn3c2)cn1. The van der Waals surface area contributed by atoms with Crippen molar-refractivity contribution in [2.45, 2.75) is 26.8 Å². The molecule has 0 unspecified atom stereocenters. The summed E-state index contributed by atoms with van der Waals surface area (Å²) in [5, 5.41) is 2.95. The van der Waals surface area contributed by atoms with E-state index in [1.54, 1.807) is 36.0 Å². The quantitative estimate of drug-likeness (QED) is 0.518. The second-order valence-corrected chi connectivity index (χ2v) is 7.65. The number of fused-ring (bicyclic) bond motifs is 1. The summed E-state index contributed by atoms with van der Waals surface area (Å²) in [6, 6.07) is 11.0. The van der Waals surface area contributed by atoms with E-state index in [4.69, 9.17) is 4.74 Å². The minimum Gasteiger partial charge on any atom is -0.481 e. The zero-order valence-corrected chi connectivity index (χ0v) is 17.9. The van der Waals surface area contributed by atoms with Crippen LogP contribution < -0.4 is 15.6 Å². The molecule has 0 radical (unpaired) electrons. The highest BCUT2D eigenvalue weighted by atomic mass is 16.5. The van der Waals surface area contributed by atoms with Crippen molar-refractivity contribution < 1.29 is 9.53 Å². The average molecular weight is 416 g/mol. The molecule has 0 saturated carbocycles. The van der Waals surface area contributed by atoms with Gasteiger partial charge in [-0.15, -0.1) is 0 Å². The van der Waals surface area contributed by atoms with Crippen molar-refractivity contribution in [3.05, 3.63) is 87.6 Å². The number of carbonyl (C=O) groups is 1. The van der Waals surface area contributed by atoms with E-state index < -0.39 is 0 Å². The van der Waals surface area contributed by atoms with E-state index in [0.717, 1.165) is 16.7 Å². The molecule has 3 heterocycles. The molecule has 3 aromatic heterocycles. The summed E-state index contributed by atoms with van der Waals surface area (Å²) in [7, 11) is 1.55. The Labute approximate surface area is 179 Å². The number of pyridine rings is 1. The van der Waals surface area contributed by atoms with Crippen LogP contribution in [-0.2, 0) is 0 Å². The molecular formula is C24H24N4O3. The maximum Gasteiger partial charge on any atom is 0.272 e. The molecule has 7 nitrogen and oxygen atoms in total. The molecule has 0 aliphatic carbocycles. The molecule has 0 aliphatic rings. The number of benzene rings is 1. The van der Waals surface area contributed by atoms with E-state index in [1.807, 2.05) is 51.2 Å². The number of rotatable bonds is 5. The van der Waals surface area contributed by atoms with Crippen LogP contribution in [0.25, 0.3) is 16.8 Å². The van der Waals surface area contributed by atoms with Gasteiger partial charge in [0.1, 0.15) is 5.52 Å². The molecule has 0 saturated heterocycles. The number of hydrogen-bond acceptors (Lipinski definition) is 4. The van der Waals surface area contributed by atoms with Gasteiger partial charge in [0.25, 0.3) is 11.5 Å². The first-order valence-corrected chi connectivity index (χ1v) is 9.99. The van der Waals surface area contributed by atoms with E-state index in [9.17, 15) is 9.59 Å². The Morgan fingerprint density at radius 1 is 1.13 bits per heavy atom.